The number of para-hydroxylation sites is 1. The zero-order valence-electron chi connectivity index (χ0n) is 11.6. The number of nitrogens with two attached hydrogens (primary N) is 1. The van der Waals surface area contributed by atoms with Gasteiger partial charge in [0.05, 0.1) is 0 Å². The standard InChI is InChI=1S/C17H21NO/c1-3-14-6-4-5-7-17(14)19-16-9-8-15(10-11-18)13(2)12-16/h4-9,12H,3,10-11,18H2,1-2H3. The maximum Gasteiger partial charge on any atom is 0.130 e. The Morgan fingerprint density at radius 1 is 1.05 bits per heavy atom. The van der Waals surface area contributed by atoms with Crippen LogP contribution in [0, 0.1) is 6.92 Å². The van der Waals surface area contributed by atoms with Gasteiger partial charge in [0, 0.05) is 0 Å². The van der Waals surface area contributed by atoms with E-state index in [9.17, 15) is 0 Å². The van der Waals surface area contributed by atoms with E-state index >= 15 is 0 Å². The molecule has 2 heteroatoms. The van der Waals surface area contributed by atoms with Crippen molar-refractivity contribution in [3.8, 4) is 11.5 Å². The second-order valence-electron chi connectivity index (χ2n) is 4.69. The lowest BCUT2D eigenvalue weighted by atomic mass is 10.1. The predicted molar refractivity (Wildman–Crippen MR) is 79.8 cm³/mol. The highest BCUT2D eigenvalue weighted by molar-refractivity contribution is 5.41. The molecule has 0 aromatic heterocycles. The first-order valence-electron chi connectivity index (χ1n) is 6.80. The zero-order valence-corrected chi connectivity index (χ0v) is 11.6. The highest BCUT2D eigenvalue weighted by Gasteiger charge is 2.04. The summed E-state index contributed by atoms with van der Waals surface area (Å²) in [5.41, 5.74) is 9.35. The molecule has 2 rings (SSSR count). The van der Waals surface area contributed by atoms with Crippen LogP contribution in [0.5, 0.6) is 11.5 Å². The second kappa shape index (κ2) is 6.39. The van der Waals surface area contributed by atoms with E-state index in [1.165, 1.54) is 16.7 Å². The Bertz CT molecular complexity index is 549. The largest absolute Gasteiger partial charge is 0.457 e. The van der Waals surface area contributed by atoms with Crippen molar-refractivity contribution < 1.29 is 4.74 Å². The summed E-state index contributed by atoms with van der Waals surface area (Å²) in [7, 11) is 0. The van der Waals surface area contributed by atoms with E-state index in [2.05, 4.69) is 32.0 Å². The smallest absolute Gasteiger partial charge is 0.130 e. The van der Waals surface area contributed by atoms with Crippen LogP contribution in [0.4, 0.5) is 0 Å². The van der Waals surface area contributed by atoms with Gasteiger partial charge in [-0.15, -0.1) is 0 Å². The van der Waals surface area contributed by atoms with E-state index in [4.69, 9.17) is 10.5 Å². The molecule has 2 N–H and O–H groups in total. The lowest BCUT2D eigenvalue weighted by Gasteiger charge is -2.12. The van der Waals surface area contributed by atoms with E-state index in [1.807, 2.05) is 24.3 Å². The van der Waals surface area contributed by atoms with Crippen LogP contribution in [0.3, 0.4) is 0 Å². The van der Waals surface area contributed by atoms with Gasteiger partial charge < -0.3 is 10.5 Å². The highest BCUT2D eigenvalue weighted by Crippen LogP contribution is 2.27. The van der Waals surface area contributed by atoms with Crippen LogP contribution in [0.2, 0.25) is 0 Å². The molecule has 0 saturated heterocycles. The zero-order chi connectivity index (χ0) is 13.7. The van der Waals surface area contributed by atoms with Crippen molar-refractivity contribution in [1.29, 1.82) is 0 Å². The van der Waals surface area contributed by atoms with Gasteiger partial charge in [-0.3, -0.25) is 0 Å². The second-order valence-corrected chi connectivity index (χ2v) is 4.69. The Morgan fingerprint density at radius 3 is 2.53 bits per heavy atom. The van der Waals surface area contributed by atoms with E-state index in [-0.39, 0.29) is 0 Å². The van der Waals surface area contributed by atoms with E-state index in [0.717, 1.165) is 24.3 Å². The molecule has 0 spiro atoms. The van der Waals surface area contributed by atoms with Crippen molar-refractivity contribution in [2.45, 2.75) is 26.7 Å². The first kappa shape index (κ1) is 13.6. The van der Waals surface area contributed by atoms with Gasteiger partial charge >= 0.3 is 0 Å². The molecule has 100 valence electrons. The van der Waals surface area contributed by atoms with Crippen molar-refractivity contribution >= 4 is 0 Å². The first-order valence-corrected chi connectivity index (χ1v) is 6.80. The van der Waals surface area contributed by atoms with Crippen molar-refractivity contribution in [2.24, 2.45) is 5.73 Å². The third-order valence-electron chi connectivity index (χ3n) is 3.31. The molecule has 0 aliphatic rings. The molecule has 0 aliphatic heterocycles. The van der Waals surface area contributed by atoms with Gasteiger partial charge in [0.15, 0.2) is 0 Å². The van der Waals surface area contributed by atoms with Crippen molar-refractivity contribution in [3.05, 3.63) is 59.2 Å². The molecule has 0 radical (unpaired) electrons. The number of hydrogen-bond donors (Lipinski definition) is 1. The highest BCUT2D eigenvalue weighted by atomic mass is 16.5. The summed E-state index contributed by atoms with van der Waals surface area (Å²) < 4.78 is 5.98. The lowest BCUT2D eigenvalue weighted by molar-refractivity contribution is 0.476. The molecule has 2 aromatic carbocycles. The third kappa shape index (κ3) is 3.36. The van der Waals surface area contributed by atoms with Crippen molar-refractivity contribution in [3.63, 3.8) is 0 Å². The van der Waals surface area contributed by atoms with Crippen LogP contribution >= 0.6 is 0 Å². The molecule has 0 bridgehead atoms. The van der Waals surface area contributed by atoms with Gasteiger partial charge in [-0.1, -0.05) is 31.2 Å². The number of hydrogen-bond acceptors (Lipinski definition) is 2. The number of benzene rings is 2. The fourth-order valence-electron chi connectivity index (χ4n) is 2.19. The van der Waals surface area contributed by atoms with Crippen molar-refractivity contribution in [2.75, 3.05) is 6.54 Å². The summed E-state index contributed by atoms with van der Waals surface area (Å²) in [6.07, 6.45) is 1.89. The molecule has 0 unspecified atom stereocenters. The van der Waals surface area contributed by atoms with Crippen LogP contribution in [0.15, 0.2) is 42.5 Å². The van der Waals surface area contributed by atoms with E-state index in [1.54, 1.807) is 0 Å². The van der Waals surface area contributed by atoms with Crippen LogP contribution in [0.1, 0.15) is 23.6 Å². The topological polar surface area (TPSA) is 35.2 Å². The summed E-state index contributed by atoms with van der Waals surface area (Å²) in [4.78, 5) is 0. The maximum atomic E-state index is 5.98. The normalized spacial score (nSPS) is 10.5. The fourth-order valence-corrected chi connectivity index (χ4v) is 2.19. The van der Waals surface area contributed by atoms with Gasteiger partial charge in [0.25, 0.3) is 0 Å². The molecule has 0 amide bonds. The quantitative estimate of drug-likeness (QED) is 0.880. The van der Waals surface area contributed by atoms with Crippen LogP contribution < -0.4 is 10.5 Å². The van der Waals surface area contributed by atoms with E-state index in [0.29, 0.717) is 6.54 Å². The molecule has 0 aliphatic carbocycles. The summed E-state index contributed by atoms with van der Waals surface area (Å²) in [5.74, 6) is 1.83. The number of rotatable bonds is 5. The Morgan fingerprint density at radius 2 is 1.84 bits per heavy atom. The Kier molecular flexibility index (Phi) is 4.58. The van der Waals surface area contributed by atoms with Gasteiger partial charge in [0.2, 0.25) is 0 Å². The van der Waals surface area contributed by atoms with Crippen LogP contribution in [-0.2, 0) is 12.8 Å². The molecule has 0 atom stereocenters. The Hall–Kier alpha value is -1.80. The monoisotopic (exact) mass is 255 g/mol. The molecule has 0 saturated carbocycles. The molecular formula is C17H21NO. The summed E-state index contributed by atoms with van der Waals surface area (Å²) in [5, 5.41) is 0. The minimum Gasteiger partial charge on any atom is -0.457 e. The van der Waals surface area contributed by atoms with Gasteiger partial charge in [-0.25, -0.2) is 0 Å². The molecule has 2 nitrogen and oxygen atoms in total. The van der Waals surface area contributed by atoms with Crippen LogP contribution in [0.25, 0.3) is 0 Å². The molecule has 0 fully saturated rings. The minimum absolute atomic E-state index is 0.680. The fraction of sp³-hybridized carbons (Fsp3) is 0.294. The number of aryl methyl sites for hydroxylation is 2. The van der Waals surface area contributed by atoms with Crippen LogP contribution in [-0.4, -0.2) is 6.54 Å². The van der Waals surface area contributed by atoms with E-state index < -0.39 is 0 Å². The summed E-state index contributed by atoms with van der Waals surface area (Å²) in [6.45, 7) is 4.92. The van der Waals surface area contributed by atoms with Gasteiger partial charge in [-0.2, -0.15) is 0 Å². The Balaban J connectivity index is 2.21. The lowest BCUT2D eigenvalue weighted by Crippen LogP contribution is -2.04. The van der Waals surface area contributed by atoms with Gasteiger partial charge in [0.1, 0.15) is 11.5 Å². The SMILES string of the molecule is CCc1ccccc1Oc1ccc(CCN)c(C)c1. The summed E-state index contributed by atoms with van der Waals surface area (Å²) >= 11 is 0. The molecule has 2 aromatic rings. The average Bonchev–Trinajstić information content (AvgIpc) is 2.43. The Labute approximate surface area is 115 Å². The first-order chi connectivity index (χ1) is 9.24. The minimum atomic E-state index is 0.680. The molecule has 0 heterocycles. The predicted octanol–water partition coefficient (Wildman–Crippen LogP) is 3.85. The van der Waals surface area contributed by atoms with Crippen molar-refractivity contribution in [1.82, 2.24) is 0 Å². The molecular weight excluding hydrogens is 234 g/mol. The maximum absolute atomic E-state index is 5.98. The molecule has 19 heavy (non-hydrogen) atoms. The number of ether oxygens (including phenoxy) is 1. The summed E-state index contributed by atoms with van der Waals surface area (Å²) in [6, 6.07) is 14.4. The average molecular weight is 255 g/mol. The third-order valence-corrected chi connectivity index (χ3v) is 3.31. The van der Waals surface area contributed by atoms with Gasteiger partial charge in [-0.05, 0) is 61.2 Å².